The fourth-order valence-corrected chi connectivity index (χ4v) is 4.63. The Morgan fingerprint density at radius 3 is 2.56 bits per heavy atom. The minimum Gasteiger partial charge on any atom is -0.497 e. The van der Waals surface area contributed by atoms with Crippen molar-refractivity contribution in [2.24, 2.45) is 0 Å². The third kappa shape index (κ3) is 6.18. The van der Waals surface area contributed by atoms with Crippen molar-refractivity contribution in [2.45, 2.75) is 12.5 Å². The van der Waals surface area contributed by atoms with Crippen LogP contribution in [0.25, 0.3) is 10.6 Å². The highest BCUT2D eigenvalue weighted by Crippen LogP contribution is 2.37. The number of hydrogen-bond donors (Lipinski definition) is 3. The lowest BCUT2D eigenvalue weighted by atomic mass is 10.1. The van der Waals surface area contributed by atoms with Crippen LogP contribution in [0.2, 0.25) is 0 Å². The van der Waals surface area contributed by atoms with Crippen LogP contribution < -0.4 is 34.9 Å². The number of rotatable bonds is 9. The Labute approximate surface area is 228 Å². The van der Waals surface area contributed by atoms with Gasteiger partial charge < -0.3 is 29.6 Å². The van der Waals surface area contributed by atoms with E-state index in [0.717, 1.165) is 11.1 Å². The lowest BCUT2D eigenvalue weighted by Gasteiger charge is -2.19. The molecule has 1 atom stereocenters. The van der Waals surface area contributed by atoms with E-state index in [2.05, 4.69) is 26.1 Å². The summed E-state index contributed by atoms with van der Waals surface area (Å²) in [5, 5.41) is 17.5. The van der Waals surface area contributed by atoms with Crippen molar-refractivity contribution < 1.29 is 28.5 Å². The van der Waals surface area contributed by atoms with Gasteiger partial charge in [0.15, 0.2) is 11.5 Å². The van der Waals surface area contributed by atoms with E-state index in [-0.39, 0.29) is 13.2 Å². The van der Waals surface area contributed by atoms with E-state index >= 15 is 0 Å². The Bertz CT molecular complexity index is 1480. The van der Waals surface area contributed by atoms with E-state index in [1.807, 2.05) is 42.5 Å². The van der Waals surface area contributed by atoms with Gasteiger partial charge in [-0.05, 0) is 35.9 Å². The first-order valence-corrected chi connectivity index (χ1v) is 12.7. The van der Waals surface area contributed by atoms with Gasteiger partial charge in [-0.25, -0.2) is 4.79 Å². The Balaban J connectivity index is 1.30. The maximum atomic E-state index is 13.3. The Morgan fingerprint density at radius 1 is 0.949 bits per heavy atom. The number of urea groups is 1. The molecule has 0 radical (unpaired) electrons. The highest BCUT2D eigenvalue weighted by atomic mass is 32.1. The SMILES string of the molecule is COc1ccc(NC(=O)N[C@H](Cc2ccccc2)C(=O)Nc2nnc(-c3ccc4c(c3)OCO4)s2)c(OC)c1. The van der Waals surface area contributed by atoms with E-state index < -0.39 is 18.0 Å². The molecule has 0 spiro atoms. The number of carbonyl (C=O) groups excluding carboxylic acids is 2. The maximum absolute atomic E-state index is 13.3. The van der Waals surface area contributed by atoms with Crippen molar-refractivity contribution in [3.05, 3.63) is 72.3 Å². The van der Waals surface area contributed by atoms with Crippen LogP contribution in [0.4, 0.5) is 15.6 Å². The molecule has 0 fully saturated rings. The molecule has 1 aliphatic heterocycles. The summed E-state index contributed by atoms with van der Waals surface area (Å²) in [6.07, 6.45) is 0.258. The van der Waals surface area contributed by atoms with Crippen molar-refractivity contribution >= 4 is 34.1 Å². The summed E-state index contributed by atoms with van der Waals surface area (Å²) in [5.74, 6) is 1.84. The lowest BCUT2D eigenvalue weighted by Crippen LogP contribution is -2.47. The van der Waals surface area contributed by atoms with E-state index in [9.17, 15) is 9.59 Å². The molecule has 1 aromatic heterocycles. The number of aromatic nitrogens is 2. The minimum absolute atomic E-state index is 0.171. The number of amides is 3. The molecule has 200 valence electrons. The first-order chi connectivity index (χ1) is 19.0. The normalized spacial score (nSPS) is 12.4. The topological polar surface area (TPSA) is 133 Å². The molecule has 0 bridgehead atoms. The average Bonchev–Trinajstić information content (AvgIpc) is 3.62. The standard InChI is InChI=1S/C27H25N5O6S/c1-35-18-9-10-19(22(14-18)36-2)28-26(34)29-20(12-16-6-4-3-5-7-16)24(33)30-27-32-31-25(39-27)17-8-11-21-23(13-17)38-15-37-21/h3-11,13-14,20H,12,15H2,1-2H3,(H2,28,29,34)(H,30,32,33)/t20-/m1/s1. The highest BCUT2D eigenvalue weighted by molar-refractivity contribution is 7.18. The van der Waals surface area contributed by atoms with E-state index in [4.69, 9.17) is 18.9 Å². The van der Waals surface area contributed by atoms with Gasteiger partial charge in [0.05, 0.1) is 19.9 Å². The number of anilines is 2. The summed E-state index contributed by atoms with van der Waals surface area (Å²) in [6, 6.07) is 18.4. The van der Waals surface area contributed by atoms with Crippen LogP contribution in [0, 0.1) is 0 Å². The van der Waals surface area contributed by atoms with Gasteiger partial charge in [0.1, 0.15) is 22.5 Å². The summed E-state index contributed by atoms with van der Waals surface area (Å²) < 4.78 is 21.3. The van der Waals surface area contributed by atoms with Crippen LogP contribution in [0.5, 0.6) is 23.0 Å². The van der Waals surface area contributed by atoms with Crippen LogP contribution in [0.1, 0.15) is 5.56 Å². The number of methoxy groups -OCH3 is 2. The van der Waals surface area contributed by atoms with Crippen molar-refractivity contribution in [2.75, 3.05) is 31.6 Å². The molecule has 0 aliphatic carbocycles. The quantitative estimate of drug-likeness (QED) is 0.282. The zero-order valence-electron chi connectivity index (χ0n) is 21.1. The largest absolute Gasteiger partial charge is 0.497 e. The molecule has 4 aromatic rings. The number of carbonyl (C=O) groups is 2. The summed E-state index contributed by atoms with van der Waals surface area (Å²) in [7, 11) is 3.03. The lowest BCUT2D eigenvalue weighted by molar-refractivity contribution is -0.117. The van der Waals surface area contributed by atoms with E-state index in [0.29, 0.717) is 38.8 Å². The van der Waals surface area contributed by atoms with Crippen LogP contribution in [-0.4, -0.2) is 49.2 Å². The molecule has 0 unspecified atom stereocenters. The molecule has 11 nitrogen and oxygen atoms in total. The third-order valence-electron chi connectivity index (χ3n) is 5.84. The van der Waals surface area contributed by atoms with Crippen LogP contribution in [0.15, 0.2) is 66.7 Å². The smallest absolute Gasteiger partial charge is 0.320 e. The fraction of sp³-hybridized carbons (Fsp3) is 0.185. The van der Waals surface area contributed by atoms with Gasteiger partial charge >= 0.3 is 6.03 Å². The zero-order valence-corrected chi connectivity index (χ0v) is 21.9. The van der Waals surface area contributed by atoms with Crippen LogP contribution in [-0.2, 0) is 11.2 Å². The molecule has 3 N–H and O–H groups in total. The van der Waals surface area contributed by atoms with Crippen LogP contribution >= 0.6 is 11.3 Å². The monoisotopic (exact) mass is 547 g/mol. The number of nitrogens with one attached hydrogen (secondary N) is 3. The molecule has 0 saturated heterocycles. The van der Waals surface area contributed by atoms with Gasteiger partial charge in [-0.2, -0.15) is 0 Å². The molecule has 3 amide bonds. The van der Waals surface area contributed by atoms with Gasteiger partial charge in [0.2, 0.25) is 17.8 Å². The number of ether oxygens (including phenoxy) is 4. The molecular formula is C27H25N5O6S. The van der Waals surface area contributed by atoms with Gasteiger partial charge in [0, 0.05) is 18.1 Å². The predicted octanol–water partition coefficient (Wildman–Crippen LogP) is 4.32. The molecule has 3 aromatic carbocycles. The van der Waals surface area contributed by atoms with Gasteiger partial charge in [-0.3, -0.25) is 10.1 Å². The number of benzene rings is 3. The Hall–Kier alpha value is -4.84. The van der Waals surface area contributed by atoms with E-state index in [1.165, 1.54) is 25.6 Å². The second kappa shape index (κ2) is 11.7. The minimum atomic E-state index is -0.908. The van der Waals surface area contributed by atoms with E-state index in [1.54, 1.807) is 24.3 Å². The fourth-order valence-electron chi connectivity index (χ4n) is 3.89. The Kier molecular flexibility index (Phi) is 7.73. The second-order valence-corrected chi connectivity index (χ2v) is 9.35. The molecule has 5 rings (SSSR count). The maximum Gasteiger partial charge on any atom is 0.320 e. The highest BCUT2D eigenvalue weighted by Gasteiger charge is 2.24. The van der Waals surface area contributed by atoms with Crippen LogP contribution in [0.3, 0.4) is 0 Å². The molecule has 0 saturated carbocycles. The summed E-state index contributed by atoms with van der Waals surface area (Å²) in [5.41, 5.74) is 2.08. The number of fused-ring (bicyclic) bond motifs is 1. The number of hydrogen-bond acceptors (Lipinski definition) is 9. The van der Waals surface area contributed by atoms with Crippen molar-refractivity contribution in [1.29, 1.82) is 0 Å². The van der Waals surface area contributed by atoms with Crippen molar-refractivity contribution in [3.8, 4) is 33.6 Å². The second-order valence-electron chi connectivity index (χ2n) is 8.38. The summed E-state index contributed by atoms with van der Waals surface area (Å²) in [4.78, 5) is 26.3. The van der Waals surface area contributed by atoms with Crippen molar-refractivity contribution in [1.82, 2.24) is 15.5 Å². The average molecular weight is 548 g/mol. The molecule has 1 aliphatic rings. The third-order valence-corrected chi connectivity index (χ3v) is 6.72. The Morgan fingerprint density at radius 2 is 1.77 bits per heavy atom. The summed E-state index contributed by atoms with van der Waals surface area (Å²) in [6.45, 7) is 0.171. The molecule has 39 heavy (non-hydrogen) atoms. The molecule has 2 heterocycles. The first-order valence-electron chi connectivity index (χ1n) is 11.9. The predicted molar refractivity (Wildman–Crippen MR) is 146 cm³/mol. The van der Waals surface area contributed by atoms with Gasteiger partial charge in [0.25, 0.3) is 0 Å². The summed E-state index contributed by atoms with van der Waals surface area (Å²) >= 11 is 1.21. The van der Waals surface area contributed by atoms with Crippen molar-refractivity contribution in [3.63, 3.8) is 0 Å². The first kappa shape index (κ1) is 25.8. The number of nitrogens with zero attached hydrogens (tertiary/aromatic N) is 2. The molecule has 12 heteroatoms. The zero-order chi connectivity index (χ0) is 27.2. The molecular weight excluding hydrogens is 522 g/mol. The van der Waals surface area contributed by atoms with Gasteiger partial charge in [-0.15, -0.1) is 10.2 Å². The van der Waals surface area contributed by atoms with Gasteiger partial charge in [-0.1, -0.05) is 41.7 Å².